The Kier molecular flexibility index (Phi) is 3.38. The van der Waals surface area contributed by atoms with Gasteiger partial charge in [0.15, 0.2) is 5.89 Å². The molecule has 94 valence electrons. The maximum absolute atomic E-state index is 11.1. The molecule has 1 aromatic carbocycles. The van der Waals surface area contributed by atoms with E-state index in [0.29, 0.717) is 17.2 Å². The summed E-state index contributed by atoms with van der Waals surface area (Å²) in [6, 6.07) is 5.27. The Morgan fingerprint density at radius 2 is 2.22 bits per heavy atom. The molecule has 0 aliphatic rings. The molecule has 1 N–H and O–H groups in total. The van der Waals surface area contributed by atoms with Crippen molar-refractivity contribution in [2.45, 2.75) is 6.92 Å². The van der Waals surface area contributed by atoms with Crippen molar-refractivity contribution >= 4 is 21.9 Å². The van der Waals surface area contributed by atoms with Crippen LogP contribution in [0.15, 0.2) is 27.1 Å². The van der Waals surface area contributed by atoms with Gasteiger partial charge < -0.3 is 14.3 Å². The number of carboxylic acid groups (broad SMARTS) is 1. The Balaban J connectivity index is 2.68. The second-order valence-corrected chi connectivity index (χ2v) is 4.48. The van der Waals surface area contributed by atoms with Gasteiger partial charge in [0, 0.05) is 17.0 Å². The zero-order valence-electron chi connectivity index (χ0n) is 9.73. The molecule has 0 aliphatic carbocycles. The number of aromatic carboxylic acids is 1. The summed E-state index contributed by atoms with van der Waals surface area (Å²) in [5, 5.41) is 9.09. The molecular weight excluding hydrogens is 302 g/mol. The van der Waals surface area contributed by atoms with Gasteiger partial charge in [0.1, 0.15) is 11.4 Å². The monoisotopic (exact) mass is 311 g/mol. The number of hydrogen-bond donors (Lipinski definition) is 1. The van der Waals surface area contributed by atoms with Gasteiger partial charge in [-0.05, 0) is 18.2 Å². The number of aryl methyl sites for hydroxylation is 1. The van der Waals surface area contributed by atoms with E-state index in [9.17, 15) is 4.79 Å². The quantitative estimate of drug-likeness (QED) is 0.942. The predicted octanol–water partition coefficient (Wildman–Crippen LogP) is 3.12. The van der Waals surface area contributed by atoms with Crippen LogP contribution in [0.2, 0.25) is 0 Å². The van der Waals surface area contributed by atoms with Crippen LogP contribution in [-0.2, 0) is 0 Å². The van der Waals surface area contributed by atoms with Crippen LogP contribution in [0.25, 0.3) is 11.3 Å². The summed E-state index contributed by atoms with van der Waals surface area (Å²) in [5.74, 6) is -0.519. The minimum absolute atomic E-state index is 0.191. The molecule has 1 aromatic heterocycles. The van der Waals surface area contributed by atoms with E-state index in [2.05, 4.69) is 20.9 Å². The molecule has 0 saturated carbocycles. The Labute approximate surface area is 112 Å². The molecule has 0 atom stereocenters. The number of ether oxygens (including phenoxy) is 1. The van der Waals surface area contributed by atoms with Crippen LogP contribution in [0.4, 0.5) is 0 Å². The van der Waals surface area contributed by atoms with E-state index >= 15 is 0 Å². The van der Waals surface area contributed by atoms with E-state index in [1.807, 2.05) is 0 Å². The van der Waals surface area contributed by atoms with Crippen LogP contribution >= 0.6 is 15.9 Å². The molecule has 0 radical (unpaired) electrons. The standard InChI is InChI=1S/C12H10BrNO4/c1-6-14-10(11(18-6)12(15)16)8-5-7(13)3-4-9(8)17-2/h3-5H,1-2H3,(H,15,16). The third-order valence-electron chi connectivity index (χ3n) is 2.34. The van der Waals surface area contributed by atoms with E-state index in [4.69, 9.17) is 14.3 Å². The first-order valence-corrected chi connectivity index (χ1v) is 5.87. The van der Waals surface area contributed by atoms with Crippen LogP contribution in [0.5, 0.6) is 5.75 Å². The van der Waals surface area contributed by atoms with Crippen molar-refractivity contribution in [3.05, 3.63) is 34.3 Å². The van der Waals surface area contributed by atoms with Crippen molar-refractivity contribution < 1.29 is 19.1 Å². The number of nitrogens with zero attached hydrogens (tertiary/aromatic N) is 1. The highest BCUT2D eigenvalue weighted by Crippen LogP contribution is 2.34. The van der Waals surface area contributed by atoms with Crippen LogP contribution in [-0.4, -0.2) is 23.2 Å². The largest absolute Gasteiger partial charge is 0.496 e. The summed E-state index contributed by atoms with van der Waals surface area (Å²) in [6.45, 7) is 1.60. The molecule has 0 fully saturated rings. The highest BCUT2D eigenvalue weighted by atomic mass is 79.9. The first-order valence-electron chi connectivity index (χ1n) is 5.07. The average molecular weight is 312 g/mol. The molecule has 5 nitrogen and oxygen atoms in total. The Morgan fingerprint density at radius 1 is 1.50 bits per heavy atom. The highest BCUT2D eigenvalue weighted by molar-refractivity contribution is 9.10. The second kappa shape index (κ2) is 4.81. The molecule has 0 spiro atoms. The summed E-state index contributed by atoms with van der Waals surface area (Å²) in [6.07, 6.45) is 0. The number of benzene rings is 1. The lowest BCUT2D eigenvalue weighted by Gasteiger charge is -2.06. The fraction of sp³-hybridized carbons (Fsp3) is 0.167. The second-order valence-electron chi connectivity index (χ2n) is 3.56. The molecule has 0 amide bonds. The van der Waals surface area contributed by atoms with Gasteiger partial charge in [0.2, 0.25) is 5.76 Å². The minimum Gasteiger partial charge on any atom is -0.496 e. The van der Waals surface area contributed by atoms with E-state index < -0.39 is 5.97 Å². The van der Waals surface area contributed by atoms with Crippen LogP contribution < -0.4 is 4.74 Å². The number of carboxylic acids is 1. The summed E-state index contributed by atoms with van der Waals surface area (Å²) < 4.78 is 11.1. The van der Waals surface area contributed by atoms with Gasteiger partial charge in [-0.2, -0.15) is 0 Å². The van der Waals surface area contributed by atoms with E-state index in [1.165, 1.54) is 7.11 Å². The summed E-state index contributed by atoms with van der Waals surface area (Å²) in [4.78, 5) is 15.2. The van der Waals surface area contributed by atoms with Crippen molar-refractivity contribution in [2.75, 3.05) is 7.11 Å². The zero-order chi connectivity index (χ0) is 13.3. The average Bonchev–Trinajstić information content (AvgIpc) is 2.71. The third-order valence-corrected chi connectivity index (χ3v) is 2.84. The fourth-order valence-electron chi connectivity index (χ4n) is 1.62. The molecule has 0 unspecified atom stereocenters. The lowest BCUT2D eigenvalue weighted by Crippen LogP contribution is -1.98. The summed E-state index contributed by atoms with van der Waals surface area (Å²) in [5.41, 5.74) is 0.833. The van der Waals surface area contributed by atoms with Crippen molar-refractivity contribution in [1.29, 1.82) is 0 Å². The van der Waals surface area contributed by atoms with Crippen molar-refractivity contribution in [2.24, 2.45) is 0 Å². The number of carbonyl (C=O) groups is 1. The van der Waals surface area contributed by atoms with Gasteiger partial charge in [-0.25, -0.2) is 9.78 Å². The lowest BCUT2D eigenvalue weighted by molar-refractivity contribution is 0.0662. The predicted molar refractivity (Wildman–Crippen MR) is 67.9 cm³/mol. The molecule has 0 aliphatic heterocycles. The molecule has 2 aromatic rings. The maximum Gasteiger partial charge on any atom is 0.374 e. The molecular formula is C12H10BrNO4. The normalized spacial score (nSPS) is 10.4. The number of oxazole rings is 1. The van der Waals surface area contributed by atoms with Crippen molar-refractivity contribution in [3.63, 3.8) is 0 Å². The van der Waals surface area contributed by atoms with Gasteiger partial charge in [0.05, 0.1) is 7.11 Å². The molecule has 0 bridgehead atoms. The SMILES string of the molecule is COc1ccc(Br)cc1-c1nc(C)oc1C(=O)O. The third kappa shape index (κ3) is 2.24. The van der Waals surface area contributed by atoms with Gasteiger partial charge in [-0.1, -0.05) is 15.9 Å². The first-order chi connectivity index (χ1) is 8.52. The maximum atomic E-state index is 11.1. The Bertz CT molecular complexity index is 606. The molecule has 1 heterocycles. The fourth-order valence-corrected chi connectivity index (χ4v) is 1.98. The smallest absolute Gasteiger partial charge is 0.374 e. The van der Waals surface area contributed by atoms with E-state index in [-0.39, 0.29) is 11.5 Å². The Hall–Kier alpha value is -1.82. The van der Waals surface area contributed by atoms with Gasteiger partial charge in [0.25, 0.3) is 0 Å². The van der Waals surface area contributed by atoms with Gasteiger partial charge in [-0.3, -0.25) is 0 Å². The molecule has 18 heavy (non-hydrogen) atoms. The topological polar surface area (TPSA) is 72.6 Å². The molecule has 0 saturated heterocycles. The van der Waals surface area contributed by atoms with Crippen molar-refractivity contribution in [3.8, 4) is 17.0 Å². The van der Waals surface area contributed by atoms with Crippen LogP contribution in [0, 0.1) is 6.92 Å². The van der Waals surface area contributed by atoms with Crippen molar-refractivity contribution in [1.82, 2.24) is 4.98 Å². The number of halogens is 1. The summed E-state index contributed by atoms with van der Waals surface area (Å²) in [7, 11) is 1.51. The number of aromatic nitrogens is 1. The van der Waals surface area contributed by atoms with Gasteiger partial charge >= 0.3 is 5.97 Å². The van der Waals surface area contributed by atoms with E-state index in [1.54, 1.807) is 25.1 Å². The molecule has 2 rings (SSSR count). The van der Waals surface area contributed by atoms with Crippen LogP contribution in [0.3, 0.4) is 0 Å². The molecule has 6 heteroatoms. The Morgan fingerprint density at radius 3 is 2.83 bits per heavy atom. The highest BCUT2D eigenvalue weighted by Gasteiger charge is 2.22. The lowest BCUT2D eigenvalue weighted by atomic mass is 10.1. The first kappa shape index (κ1) is 12.6. The number of rotatable bonds is 3. The van der Waals surface area contributed by atoms with Gasteiger partial charge in [-0.15, -0.1) is 0 Å². The van der Waals surface area contributed by atoms with Crippen LogP contribution in [0.1, 0.15) is 16.4 Å². The van der Waals surface area contributed by atoms with E-state index in [0.717, 1.165) is 4.47 Å². The zero-order valence-corrected chi connectivity index (χ0v) is 11.3. The summed E-state index contributed by atoms with van der Waals surface area (Å²) >= 11 is 3.33. The minimum atomic E-state index is -1.16. The number of methoxy groups -OCH3 is 1. The number of hydrogen-bond acceptors (Lipinski definition) is 4.